The zero-order valence-corrected chi connectivity index (χ0v) is 7.07. The topological polar surface area (TPSA) is 25.1 Å². The fourth-order valence-corrected chi connectivity index (χ4v) is 0.671. The Hall–Kier alpha value is 0.500. The number of halogens is 2. The molecule has 2 nitrogen and oxygen atoms in total. The van der Waals surface area contributed by atoms with E-state index >= 15 is 0 Å². The number of hydrogen-bond acceptors (Lipinski definition) is 2. The number of rotatable bonds is 2. The average molecular weight is 201 g/mol. The molecule has 2 rings (SSSR count). The van der Waals surface area contributed by atoms with Crippen molar-refractivity contribution in [3.63, 3.8) is 0 Å². The molecule has 2 fully saturated rings. The van der Waals surface area contributed by atoms with Gasteiger partial charge in [0.15, 0.2) is 0 Å². The van der Waals surface area contributed by atoms with E-state index in [1.165, 1.54) is 0 Å². The van der Waals surface area contributed by atoms with Crippen molar-refractivity contribution >= 4 is 23.2 Å². The van der Waals surface area contributed by atoms with Gasteiger partial charge < -0.3 is 9.47 Å². The molecule has 0 aromatic rings. The van der Waals surface area contributed by atoms with Crippen LogP contribution in [0.5, 0.6) is 0 Å². The highest BCUT2D eigenvalue weighted by Gasteiger charge is 2.20. The smallest absolute Gasteiger partial charge is 0.0944 e. The van der Waals surface area contributed by atoms with Crippen LogP contribution in [0.3, 0.4) is 0 Å². The summed E-state index contributed by atoms with van der Waals surface area (Å²) >= 11 is 10.5. The van der Waals surface area contributed by atoms with Crippen molar-refractivity contribution in [2.75, 3.05) is 25.0 Å². The van der Waals surface area contributed by atoms with E-state index in [2.05, 4.69) is 0 Å². The molecular weight excluding hydrogens is 187 g/mol. The first-order valence-electron chi connectivity index (χ1n) is 3.22. The van der Waals surface area contributed by atoms with Gasteiger partial charge in [0.25, 0.3) is 0 Å². The van der Waals surface area contributed by atoms with Crippen molar-refractivity contribution in [1.82, 2.24) is 0 Å². The van der Waals surface area contributed by atoms with E-state index in [1.54, 1.807) is 0 Å². The summed E-state index contributed by atoms with van der Waals surface area (Å²) in [5.74, 6) is 1.33. The number of hydrogen-bond donors (Lipinski definition) is 0. The summed E-state index contributed by atoms with van der Waals surface area (Å²) < 4.78 is 9.45. The van der Waals surface area contributed by atoms with Gasteiger partial charge in [-0.25, -0.2) is 0 Å². The molecule has 0 saturated carbocycles. The molecule has 2 atom stereocenters. The SMILES string of the molecule is C.ClCC1CO1.ClC[C@@H]1CO1. The second-order valence-corrected chi connectivity index (χ2v) is 2.84. The van der Waals surface area contributed by atoms with Gasteiger partial charge in [-0.05, 0) is 0 Å². The Balaban J connectivity index is 0.000000167. The lowest BCUT2D eigenvalue weighted by Crippen LogP contribution is -1.80. The van der Waals surface area contributed by atoms with E-state index < -0.39 is 0 Å². The van der Waals surface area contributed by atoms with Crippen molar-refractivity contribution < 1.29 is 9.47 Å². The Morgan fingerprint density at radius 1 is 1.00 bits per heavy atom. The molecular formula is C7H14Cl2O2. The molecule has 68 valence electrons. The second-order valence-electron chi connectivity index (χ2n) is 2.22. The van der Waals surface area contributed by atoms with E-state index in [0.29, 0.717) is 24.0 Å². The fraction of sp³-hybridized carbons (Fsp3) is 1.00. The second kappa shape index (κ2) is 6.06. The number of ether oxygens (including phenoxy) is 2. The molecule has 2 heterocycles. The molecule has 0 aromatic heterocycles. The van der Waals surface area contributed by atoms with E-state index in [1.807, 2.05) is 0 Å². The highest BCUT2D eigenvalue weighted by Crippen LogP contribution is 2.09. The summed E-state index contributed by atoms with van der Waals surface area (Å²) in [4.78, 5) is 0. The van der Waals surface area contributed by atoms with Gasteiger partial charge in [-0.3, -0.25) is 0 Å². The lowest BCUT2D eigenvalue weighted by Gasteiger charge is -1.67. The summed E-state index contributed by atoms with van der Waals surface area (Å²) in [6, 6.07) is 0. The highest BCUT2D eigenvalue weighted by atomic mass is 35.5. The molecule has 0 radical (unpaired) electrons. The molecule has 0 amide bonds. The summed E-state index contributed by atoms with van der Waals surface area (Å²) in [6.45, 7) is 1.76. The van der Waals surface area contributed by atoms with Gasteiger partial charge in [-0.15, -0.1) is 23.2 Å². The molecule has 2 saturated heterocycles. The lowest BCUT2D eigenvalue weighted by molar-refractivity contribution is 0.425. The Bertz CT molecular complexity index is 80.4. The first-order valence-corrected chi connectivity index (χ1v) is 4.29. The van der Waals surface area contributed by atoms with Crippen molar-refractivity contribution in [2.45, 2.75) is 19.6 Å². The van der Waals surface area contributed by atoms with Crippen LogP contribution in [0.2, 0.25) is 0 Å². The maximum Gasteiger partial charge on any atom is 0.0944 e. The predicted octanol–water partition coefficient (Wildman–Crippen LogP) is 1.88. The minimum atomic E-state index is 0. The third-order valence-corrected chi connectivity index (χ3v) is 1.84. The summed E-state index contributed by atoms with van der Waals surface area (Å²) in [5, 5.41) is 0. The molecule has 2 aliphatic heterocycles. The Morgan fingerprint density at radius 3 is 1.27 bits per heavy atom. The molecule has 11 heavy (non-hydrogen) atoms. The molecule has 4 heteroatoms. The predicted molar refractivity (Wildman–Crippen MR) is 47.7 cm³/mol. The summed E-state index contributed by atoms with van der Waals surface area (Å²) in [5.41, 5.74) is 0. The zero-order chi connectivity index (χ0) is 7.40. The number of epoxide rings is 2. The normalized spacial score (nSPS) is 31.1. The molecule has 0 bridgehead atoms. The molecule has 2 aliphatic rings. The van der Waals surface area contributed by atoms with Crippen LogP contribution < -0.4 is 0 Å². The first-order chi connectivity index (χ1) is 4.86. The monoisotopic (exact) mass is 200 g/mol. The van der Waals surface area contributed by atoms with Gasteiger partial charge in [-0.2, -0.15) is 0 Å². The van der Waals surface area contributed by atoms with E-state index in [-0.39, 0.29) is 7.43 Å². The van der Waals surface area contributed by atoms with E-state index in [4.69, 9.17) is 32.7 Å². The molecule has 0 spiro atoms. The Labute approximate surface area is 77.8 Å². The quantitative estimate of drug-likeness (QED) is 0.503. The molecule has 0 aliphatic carbocycles. The van der Waals surface area contributed by atoms with Crippen molar-refractivity contribution in [1.29, 1.82) is 0 Å². The van der Waals surface area contributed by atoms with Crippen molar-refractivity contribution in [3.8, 4) is 0 Å². The molecule has 1 unspecified atom stereocenters. The van der Waals surface area contributed by atoms with E-state index in [0.717, 1.165) is 13.2 Å². The van der Waals surface area contributed by atoms with Crippen LogP contribution in [0.15, 0.2) is 0 Å². The van der Waals surface area contributed by atoms with Gasteiger partial charge in [0, 0.05) is 0 Å². The standard InChI is InChI=1S/2C3H5ClO.CH4/c2*4-1-3-2-5-3;/h2*3H,1-2H2;1H4/t3-;;/m1../s1. The Morgan fingerprint density at radius 2 is 1.27 bits per heavy atom. The van der Waals surface area contributed by atoms with Gasteiger partial charge in [0.1, 0.15) is 0 Å². The van der Waals surface area contributed by atoms with Crippen molar-refractivity contribution in [3.05, 3.63) is 0 Å². The maximum absolute atomic E-state index is 5.27. The minimum absolute atomic E-state index is 0. The van der Waals surface area contributed by atoms with Crippen LogP contribution in [0.1, 0.15) is 7.43 Å². The average Bonchev–Trinajstić information content (AvgIpc) is 2.86. The Kier molecular flexibility index (Phi) is 6.34. The van der Waals surface area contributed by atoms with E-state index in [9.17, 15) is 0 Å². The first kappa shape index (κ1) is 11.5. The summed E-state index contributed by atoms with van der Waals surface area (Å²) in [7, 11) is 0. The van der Waals surface area contributed by atoms with Crippen LogP contribution in [-0.2, 0) is 9.47 Å². The minimum Gasteiger partial charge on any atom is -0.372 e. The van der Waals surface area contributed by atoms with Gasteiger partial charge in [-0.1, -0.05) is 7.43 Å². The third-order valence-electron chi connectivity index (χ3n) is 1.15. The lowest BCUT2D eigenvalue weighted by atomic mass is 10.6. The van der Waals surface area contributed by atoms with Gasteiger partial charge in [0.2, 0.25) is 0 Å². The number of alkyl halides is 2. The van der Waals surface area contributed by atoms with Crippen LogP contribution >= 0.6 is 23.2 Å². The molecule has 0 aromatic carbocycles. The highest BCUT2D eigenvalue weighted by molar-refractivity contribution is 6.18. The zero-order valence-electron chi connectivity index (χ0n) is 5.56. The van der Waals surface area contributed by atoms with Crippen LogP contribution in [0.25, 0.3) is 0 Å². The van der Waals surface area contributed by atoms with Crippen LogP contribution in [-0.4, -0.2) is 37.2 Å². The summed E-state index contributed by atoms with van der Waals surface area (Å²) in [6.07, 6.45) is 0.799. The van der Waals surface area contributed by atoms with Crippen LogP contribution in [0.4, 0.5) is 0 Å². The van der Waals surface area contributed by atoms with Crippen LogP contribution in [0, 0.1) is 0 Å². The van der Waals surface area contributed by atoms with Crippen molar-refractivity contribution in [2.24, 2.45) is 0 Å². The molecule has 0 N–H and O–H groups in total. The van der Waals surface area contributed by atoms with Gasteiger partial charge in [0.05, 0.1) is 37.2 Å². The maximum atomic E-state index is 5.27. The van der Waals surface area contributed by atoms with Gasteiger partial charge >= 0.3 is 0 Å². The largest absolute Gasteiger partial charge is 0.372 e. The fourth-order valence-electron chi connectivity index (χ4n) is 0.314. The third kappa shape index (κ3) is 6.88.